The first-order valence-corrected chi connectivity index (χ1v) is 8.76. The molecule has 2 unspecified atom stereocenters. The Morgan fingerprint density at radius 1 is 1.35 bits per heavy atom. The summed E-state index contributed by atoms with van der Waals surface area (Å²) in [4.78, 5) is 0. The number of aryl methyl sites for hydroxylation is 2. The molecule has 0 radical (unpaired) electrons. The van der Waals surface area contributed by atoms with Crippen molar-refractivity contribution in [3.8, 4) is 0 Å². The Labute approximate surface area is 129 Å². The number of hydrogen-bond acceptors (Lipinski definition) is 2. The van der Waals surface area contributed by atoms with E-state index in [0.29, 0.717) is 0 Å². The molecule has 1 N–H and O–H groups in total. The lowest BCUT2D eigenvalue weighted by atomic mass is 9.74. The van der Waals surface area contributed by atoms with E-state index in [2.05, 4.69) is 28.0 Å². The molecule has 0 aliphatic heterocycles. The van der Waals surface area contributed by atoms with Gasteiger partial charge in [-0.3, -0.25) is 4.68 Å². The highest BCUT2D eigenvalue weighted by Gasteiger charge is 2.41. The average molecular weight is 341 g/mol. The van der Waals surface area contributed by atoms with Crippen LogP contribution in [0, 0.1) is 18.8 Å². The molecule has 0 spiro atoms. The predicted molar refractivity (Wildman–Crippen MR) is 83.7 cm³/mol. The van der Waals surface area contributed by atoms with Gasteiger partial charge >= 0.3 is 0 Å². The third-order valence-corrected chi connectivity index (χ3v) is 6.13. The van der Waals surface area contributed by atoms with E-state index in [-0.39, 0.29) is 0 Å². The van der Waals surface area contributed by atoms with Crippen molar-refractivity contribution in [3.05, 3.63) is 15.9 Å². The van der Waals surface area contributed by atoms with Crippen LogP contribution in [0.2, 0.25) is 0 Å². The molecule has 112 valence electrons. The molecule has 1 aromatic heterocycles. The summed E-state index contributed by atoms with van der Waals surface area (Å²) in [7, 11) is 0. The molecule has 0 amide bonds. The van der Waals surface area contributed by atoms with Crippen molar-refractivity contribution in [3.63, 3.8) is 0 Å². The van der Waals surface area contributed by atoms with Crippen LogP contribution in [0.4, 0.5) is 0 Å². The number of halogens is 1. The van der Waals surface area contributed by atoms with E-state index < -0.39 is 5.60 Å². The molecule has 1 aromatic rings. The normalized spacial score (nSPS) is 30.7. The number of aromatic nitrogens is 2. The van der Waals surface area contributed by atoms with Crippen LogP contribution in [0.5, 0.6) is 0 Å². The summed E-state index contributed by atoms with van der Waals surface area (Å²) in [5, 5.41) is 15.6. The van der Waals surface area contributed by atoms with Crippen molar-refractivity contribution in [2.24, 2.45) is 11.8 Å². The Balaban J connectivity index is 1.78. The summed E-state index contributed by atoms with van der Waals surface area (Å²) in [6.45, 7) is 5.00. The summed E-state index contributed by atoms with van der Waals surface area (Å²) in [5.41, 5.74) is 1.68. The molecule has 20 heavy (non-hydrogen) atoms. The van der Waals surface area contributed by atoms with Gasteiger partial charge in [0.2, 0.25) is 0 Å². The first-order valence-electron chi connectivity index (χ1n) is 7.96. The van der Waals surface area contributed by atoms with Gasteiger partial charge in [0.1, 0.15) is 0 Å². The average Bonchev–Trinajstić information content (AvgIpc) is 3.22. The Hall–Kier alpha value is -0.350. The second-order valence-electron chi connectivity index (χ2n) is 6.76. The van der Waals surface area contributed by atoms with Gasteiger partial charge in [-0.25, -0.2) is 0 Å². The maximum atomic E-state index is 11.1. The fraction of sp³-hybridized carbons (Fsp3) is 0.812. The molecule has 2 aliphatic rings. The van der Waals surface area contributed by atoms with E-state index in [9.17, 15) is 5.11 Å². The van der Waals surface area contributed by atoms with Crippen LogP contribution >= 0.6 is 15.9 Å². The van der Waals surface area contributed by atoms with Gasteiger partial charge in [0.05, 0.1) is 21.5 Å². The molecular formula is C16H25BrN2O. The Bertz CT molecular complexity index is 495. The number of aliphatic hydroxyl groups is 1. The van der Waals surface area contributed by atoms with Crippen molar-refractivity contribution >= 4 is 15.9 Å². The van der Waals surface area contributed by atoms with E-state index in [1.165, 1.54) is 31.4 Å². The second kappa shape index (κ2) is 5.45. The minimum atomic E-state index is -0.520. The van der Waals surface area contributed by atoms with Crippen LogP contribution in [-0.2, 0) is 13.0 Å². The molecule has 1 heterocycles. The topological polar surface area (TPSA) is 38.0 Å². The van der Waals surface area contributed by atoms with Crippen molar-refractivity contribution in [1.29, 1.82) is 0 Å². The van der Waals surface area contributed by atoms with Crippen LogP contribution < -0.4 is 0 Å². The van der Waals surface area contributed by atoms with Gasteiger partial charge in [-0.15, -0.1) is 0 Å². The van der Waals surface area contributed by atoms with E-state index >= 15 is 0 Å². The third kappa shape index (κ3) is 2.82. The van der Waals surface area contributed by atoms with E-state index in [1.54, 1.807) is 0 Å². The SMILES string of the molecule is CCn1nc(C)c(Br)c1CC1(O)CCCC(C2CC2)C1. The second-order valence-corrected chi connectivity index (χ2v) is 7.55. The quantitative estimate of drug-likeness (QED) is 0.903. The van der Waals surface area contributed by atoms with Gasteiger partial charge in [-0.05, 0) is 73.7 Å². The highest BCUT2D eigenvalue weighted by atomic mass is 79.9. The molecule has 3 rings (SSSR count). The zero-order valence-corrected chi connectivity index (χ0v) is 14.1. The number of hydrogen-bond donors (Lipinski definition) is 1. The van der Waals surface area contributed by atoms with Crippen LogP contribution in [-0.4, -0.2) is 20.5 Å². The summed E-state index contributed by atoms with van der Waals surface area (Å²) in [6, 6.07) is 0. The standard InChI is InChI=1S/C16H25BrN2O/c1-3-19-14(15(17)11(2)18-19)10-16(20)8-4-5-13(9-16)12-6-7-12/h12-13,20H,3-10H2,1-2H3. The molecule has 3 nitrogen and oxygen atoms in total. The van der Waals surface area contributed by atoms with Gasteiger partial charge in [0.25, 0.3) is 0 Å². The van der Waals surface area contributed by atoms with Crippen LogP contribution in [0.25, 0.3) is 0 Å². The van der Waals surface area contributed by atoms with Gasteiger partial charge in [-0.2, -0.15) is 5.10 Å². The minimum absolute atomic E-state index is 0.520. The Kier molecular flexibility index (Phi) is 3.97. The van der Waals surface area contributed by atoms with Crippen molar-refractivity contribution in [2.75, 3.05) is 0 Å². The molecule has 0 aromatic carbocycles. The fourth-order valence-corrected chi connectivity index (χ4v) is 4.29. The summed E-state index contributed by atoms with van der Waals surface area (Å²) in [5.74, 6) is 1.66. The monoisotopic (exact) mass is 340 g/mol. The van der Waals surface area contributed by atoms with Gasteiger partial charge in [-0.1, -0.05) is 6.42 Å². The molecule has 2 aliphatic carbocycles. The lowest BCUT2D eigenvalue weighted by molar-refractivity contribution is -0.0211. The fourth-order valence-electron chi connectivity index (χ4n) is 3.87. The molecule has 4 heteroatoms. The van der Waals surface area contributed by atoms with E-state index in [0.717, 1.165) is 47.8 Å². The van der Waals surface area contributed by atoms with E-state index in [1.807, 2.05) is 11.6 Å². The van der Waals surface area contributed by atoms with Gasteiger partial charge < -0.3 is 5.11 Å². The van der Waals surface area contributed by atoms with Crippen LogP contribution in [0.1, 0.15) is 56.8 Å². The third-order valence-electron chi connectivity index (χ3n) is 5.10. The zero-order valence-electron chi connectivity index (χ0n) is 12.5. The minimum Gasteiger partial charge on any atom is -0.389 e. The van der Waals surface area contributed by atoms with Gasteiger partial charge in [0, 0.05) is 13.0 Å². The first kappa shape index (κ1) is 14.6. The predicted octanol–water partition coefficient (Wildman–Crippen LogP) is 3.85. The maximum absolute atomic E-state index is 11.1. The maximum Gasteiger partial charge on any atom is 0.0738 e. The van der Waals surface area contributed by atoms with Gasteiger partial charge in [0.15, 0.2) is 0 Å². The summed E-state index contributed by atoms with van der Waals surface area (Å²) < 4.78 is 3.12. The van der Waals surface area contributed by atoms with Crippen molar-refractivity contribution in [1.82, 2.24) is 9.78 Å². The van der Waals surface area contributed by atoms with Crippen LogP contribution in [0.15, 0.2) is 4.47 Å². The number of nitrogens with zero attached hydrogens (tertiary/aromatic N) is 2. The molecule has 0 saturated heterocycles. The Morgan fingerprint density at radius 3 is 2.75 bits per heavy atom. The summed E-state index contributed by atoms with van der Waals surface area (Å²) >= 11 is 3.65. The molecule has 2 fully saturated rings. The largest absolute Gasteiger partial charge is 0.389 e. The summed E-state index contributed by atoms with van der Waals surface area (Å²) in [6.07, 6.45) is 7.93. The van der Waals surface area contributed by atoms with Crippen molar-refractivity contribution < 1.29 is 5.11 Å². The smallest absolute Gasteiger partial charge is 0.0738 e. The highest BCUT2D eigenvalue weighted by molar-refractivity contribution is 9.10. The first-order chi connectivity index (χ1) is 9.52. The number of rotatable bonds is 4. The van der Waals surface area contributed by atoms with Crippen molar-refractivity contribution in [2.45, 2.75) is 70.9 Å². The lowest BCUT2D eigenvalue weighted by Gasteiger charge is -2.37. The Morgan fingerprint density at radius 2 is 2.10 bits per heavy atom. The highest BCUT2D eigenvalue weighted by Crippen LogP contribution is 2.47. The van der Waals surface area contributed by atoms with E-state index in [4.69, 9.17) is 0 Å². The molecule has 0 bridgehead atoms. The zero-order chi connectivity index (χ0) is 14.3. The molecule has 2 saturated carbocycles. The lowest BCUT2D eigenvalue weighted by Crippen LogP contribution is -2.38. The van der Waals surface area contributed by atoms with Crippen LogP contribution in [0.3, 0.4) is 0 Å². The molecule has 2 atom stereocenters. The molecular weight excluding hydrogens is 316 g/mol.